The Morgan fingerprint density at radius 2 is 0.889 bits per heavy atom. The second-order valence-electron chi connectivity index (χ2n) is 19.2. The van der Waals surface area contributed by atoms with Gasteiger partial charge in [0, 0.05) is 104 Å². The van der Waals surface area contributed by atoms with Crippen LogP contribution in [0.3, 0.4) is 0 Å². The number of carbonyl (C=O) groups is 4. The Hall–Kier alpha value is -6.14. The van der Waals surface area contributed by atoms with Gasteiger partial charge in [0.2, 0.25) is 23.6 Å². The predicted molar refractivity (Wildman–Crippen MR) is 284 cm³/mol. The summed E-state index contributed by atoms with van der Waals surface area (Å²) in [4.78, 5) is 75.7. The molecule has 4 fully saturated rings. The van der Waals surface area contributed by atoms with Crippen molar-refractivity contribution in [3.8, 4) is 32.0 Å². The molecule has 4 aromatic carbocycles. The van der Waals surface area contributed by atoms with Crippen molar-refractivity contribution in [1.82, 2.24) is 50.8 Å². The Kier molecular flexibility index (Phi) is 16.2. The quantitative estimate of drug-likeness (QED) is 0.0736. The molecule has 4 amide bonds. The molecule has 4 aliphatic heterocycles. The number of aromatic nitrogens is 2. The monoisotopic (exact) mass is 1000 g/mol. The molecule has 0 bridgehead atoms. The van der Waals surface area contributed by atoms with E-state index in [0.717, 1.165) is 131 Å². The van der Waals surface area contributed by atoms with E-state index in [-0.39, 0.29) is 35.7 Å². The average Bonchev–Trinajstić information content (AvgIpc) is 4.30. The molecule has 14 nitrogen and oxygen atoms in total. The van der Waals surface area contributed by atoms with Gasteiger partial charge in [0.15, 0.2) is 0 Å². The van der Waals surface area contributed by atoms with E-state index in [1.165, 1.54) is 0 Å². The number of piperazine rings is 2. The molecule has 374 valence electrons. The number of rotatable bonds is 17. The highest BCUT2D eigenvalue weighted by Gasteiger charge is 2.39. The van der Waals surface area contributed by atoms with Gasteiger partial charge in [-0.15, -0.1) is 22.7 Å². The first-order valence-corrected chi connectivity index (χ1v) is 27.3. The first kappa shape index (κ1) is 49.4. The van der Waals surface area contributed by atoms with Gasteiger partial charge in [0.25, 0.3) is 0 Å². The summed E-state index contributed by atoms with van der Waals surface area (Å²) in [6, 6.07) is 34.4. The fourth-order valence-corrected chi connectivity index (χ4v) is 12.6. The molecule has 6 aromatic rings. The smallest absolute Gasteiger partial charge is 0.250 e. The third-order valence-electron chi connectivity index (χ3n) is 14.5. The molecule has 4 aliphatic rings. The summed E-state index contributed by atoms with van der Waals surface area (Å²) in [7, 11) is 0. The first-order chi connectivity index (χ1) is 35.3. The zero-order chi connectivity index (χ0) is 49.2. The molecule has 2 aromatic heterocycles. The minimum absolute atomic E-state index is 0.0953. The summed E-state index contributed by atoms with van der Waals surface area (Å²) >= 11 is 3.25. The SMILES string of the molecule is O=C(CCN1CCNCC1)N[C@@H](C(=O)N1CCC[C@H]1c1ncc(-c2ccc(-c3ccc(-c4cnc([C@@H]5CCCN5C(=O)[C@H](NC(=O)CCN5CCNCC5)c5ccccc5)s4)cc3)cc2)s1)c1ccccc1. The lowest BCUT2D eigenvalue weighted by molar-refractivity contribution is -0.137. The Labute approximate surface area is 430 Å². The van der Waals surface area contributed by atoms with E-state index < -0.39 is 12.1 Å². The van der Waals surface area contributed by atoms with E-state index in [9.17, 15) is 19.2 Å². The number of likely N-dealkylation sites (tertiary alicyclic amines) is 2. The van der Waals surface area contributed by atoms with Crippen molar-refractivity contribution in [3.05, 3.63) is 143 Å². The summed E-state index contributed by atoms with van der Waals surface area (Å²) in [6.07, 6.45) is 7.91. The zero-order valence-electron chi connectivity index (χ0n) is 40.7. The van der Waals surface area contributed by atoms with Crippen LogP contribution in [0, 0.1) is 0 Å². The average molecular weight is 1010 g/mol. The van der Waals surface area contributed by atoms with E-state index in [2.05, 4.69) is 79.6 Å². The van der Waals surface area contributed by atoms with Gasteiger partial charge in [0.1, 0.15) is 22.1 Å². The highest BCUT2D eigenvalue weighted by molar-refractivity contribution is 7.15. The van der Waals surface area contributed by atoms with Gasteiger partial charge in [-0.05, 0) is 59.1 Å². The molecule has 16 heteroatoms. The standard InChI is InChI=1S/C56H64N10O4S2/c67-49(23-31-63-33-25-57-26-34-63)61-51(43-9-3-1-4-10-43)55(69)65-29-7-13-45(65)53-59-37-47(71-53)41-19-15-39(16-20-41)40-17-21-42(22-18-40)48-38-60-54(72-48)46-14-8-30-66(46)56(70)52(44-11-5-2-6-12-44)62-50(68)24-32-64-35-27-58-28-36-64/h1-6,9-12,15-22,37-38,45-46,51-52,57-58H,7-8,13-14,23-36H2,(H,61,67)(H,62,68)/t45-,46-,51+,52+/m0/s1. The second-order valence-corrected chi connectivity index (χ2v) is 21.3. The third-order valence-corrected chi connectivity index (χ3v) is 16.8. The minimum Gasteiger partial charge on any atom is -0.340 e. The van der Waals surface area contributed by atoms with Crippen molar-refractivity contribution in [2.75, 3.05) is 78.5 Å². The predicted octanol–water partition coefficient (Wildman–Crippen LogP) is 7.23. The minimum atomic E-state index is -0.762. The van der Waals surface area contributed by atoms with Crippen LogP contribution in [-0.2, 0) is 19.2 Å². The molecule has 72 heavy (non-hydrogen) atoms. The van der Waals surface area contributed by atoms with Crippen LogP contribution >= 0.6 is 22.7 Å². The Bertz CT molecular complexity index is 2570. The molecule has 0 aliphatic carbocycles. The molecular weight excluding hydrogens is 941 g/mol. The van der Waals surface area contributed by atoms with Crippen molar-refractivity contribution in [3.63, 3.8) is 0 Å². The highest BCUT2D eigenvalue weighted by atomic mass is 32.1. The van der Waals surface area contributed by atoms with Crippen LogP contribution in [0.2, 0.25) is 0 Å². The number of amides is 4. The van der Waals surface area contributed by atoms with E-state index in [1.54, 1.807) is 22.7 Å². The summed E-state index contributed by atoms with van der Waals surface area (Å²) in [5.74, 6) is -0.426. The van der Waals surface area contributed by atoms with Gasteiger partial charge in [-0.3, -0.25) is 19.2 Å². The Balaban J connectivity index is 0.767. The lowest BCUT2D eigenvalue weighted by Gasteiger charge is -2.29. The van der Waals surface area contributed by atoms with Crippen LogP contribution in [0.25, 0.3) is 32.0 Å². The largest absolute Gasteiger partial charge is 0.340 e. The van der Waals surface area contributed by atoms with Crippen molar-refractivity contribution >= 4 is 46.3 Å². The number of benzene rings is 4. The van der Waals surface area contributed by atoms with Crippen molar-refractivity contribution in [2.24, 2.45) is 0 Å². The molecule has 6 heterocycles. The topological polar surface area (TPSA) is 155 Å². The van der Waals surface area contributed by atoms with Gasteiger partial charge >= 0.3 is 0 Å². The van der Waals surface area contributed by atoms with Gasteiger partial charge < -0.3 is 40.9 Å². The van der Waals surface area contributed by atoms with E-state index in [0.29, 0.717) is 39.0 Å². The number of thiazole rings is 2. The molecule has 0 radical (unpaired) electrons. The summed E-state index contributed by atoms with van der Waals surface area (Å²) < 4.78 is 0. The Morgan fingerprint density at radius 3 is 1.28 bits per heavy atom. The molecule has 0 spiro atoms. The van der Waals surface area contributed by atoms with Gasteiger partial charge in [-0.1, -0.05) is 109 Å². The second kappa shape index (κ2) is 23.6. The summed E-state index contributed by atoms with van der Waals surface area (Å²) in [6.45, 7) is 9.95. The molecule has 0 saturated carbocycles. The van der Waals surface area contributed by atoms with Crippen LogP contribution in [-0.4, -0.2) is 132 Å². The lowest BCUT2D eigenvalue weighted by atomic mass is 10.0. The van der Waals surface area contributed by atoms with Crippen LogP contribution in [0.5, 0.6) is 0 Å². The van der Waals surface area contributed by atoms with Gasteiger partial charge in [-0.2, -0.15) is 0 Å². The van der Waals surface area contributed by atoms with Crippen LogP contribution in [0.4, 0.5) is 0 Å². The highest BCUT2D eigenvalue weighted by Crippen LogP contribution is 2.41. The molecule has 4 N–H and O–H groups in total. The van der Waals surface area contributed by atoms with Crippen molar-refractivity contribution in [2.45, 2.75) is 62.7 Å². The summed E-state index contributed by atoms with van der Waals surface area (Å²) in [5.41, 5.74) is 5.89. The fraction of sp³-hybridized carbons (Fsp3) is 0.393. The molecule has 0 unspecified atom stereocenters. The van der Waals surface area contributed by atoms with Crippen molar-refractivity contribution in [1.29, 1.82) is 0 Å². The molecule has 10 rings (SSSR count). The maximum atomic E-state index is 14.4. The number of hydrogen-bond donors (Lipinski definition) is 4. The molecular formula is C56H64N10O4S2. The Morgan fingerprint density at radius 1 is 0.514 bits per heavy atom. The van der Waals surface area contributed by atoms with Gasteiger partial charge in [0.05, 0.1) is 21.8 Å². The molecule has 4 saturated heterocycles. The number of hydrogen-bond acceptors (Lipinski definition) is 12. The van der Waals surface area contributed by atoms with E-state index in [4.69, 9.17) is 9.97 Å². The first-order valence-electron chi connectivity index (χ1n) is 25.6. The fourth-order valence-electron chi connectivity index (χ4n) is 10.4. The maximum Gasteiger partial charge on any atom is 0.250 e. The van der Waals surface area contributed by atoms with Crippen LogP contribution < -0.4 is 21.3 Å². The normalized spacial score (nSPS) is 19.5. The van der Waals surface area contributed by atoms with Crippen LogP contribution in [0.15, 0.2) is 122 Å². The van der Waals surface area contributed by atoms with Gasteiger partial charge in [-0.25, -0.2) is 9.97 Å². The third kappa shape index (κ3) is 11.9. The lowest BCUT2D eigenvalue weighted by Crippen LogP contribution is -2.46. The maximum absolute atomic E-state index is 14.4. The van der Waals surface area contributed by atoms with E-state index in [1.807, 2.05) is 82.9 Å². The number of carbonyl (C=O) groups excluding carboxylic acids is 4. The zero-order valence-corrected chi connectivity index (χ0v) is 42.4. The molecule has 4 atom stereocenters. The van der Waals surface area contributed by atoms with Crippen LogP contribution in [0.1, 0.15) is 83.8 Å². The number of nitrogens with one attached hydrogen (secondary N) is 4. The van der Waals surface area contributed by atoms with Crippen molar-refractivity contribution < 1.29 is 19.2 Å². The summed E-state index contributed by atoms with van der Waals surface area (Å²) in [5, 5.41) is 14.7. The number of nitrogens with zero attached hydrogens (tertiary/aromatic N) is 6. The van der Waals surface area contributed by atoms with E-state index >= 15 is 0 Å².